The highest BCUT2D eigenvalue weighted by molar-refractivity contribution is 6.31. The number of rotatable bonds is 3. The number of nitrogens with two attached hydrogens (primary N) is 1. The standard InChI is InChI=1S/C20H13N3O4/c21-15-9-10-16(22-11-5-7-12(8-6-11)23(26)27)18-17(15)19(24)13-3-1-2-4-14(13)20(18)25/h1-10,22H,21H2. The summed E-state index contributed by atoms with van der Waals surface area (Å²) in [6.45, 7) is 0. The Hall–Kier alpha value is -4.00. The van der Waals surface area contributed by atoms with Gasteiger partial charge in [0.15, 0.2) is 11.6 Å². The second-order valence-electron chi connectivity index (χ2n) is 6.09. The maximum atomic E-state index is 13.0. The molecule has 0 radical (unpaired) electrons. The first-order chi connectivity index (χ1) is 13.0. The van der Waals surface area contributed by atoms with Crippen LogP contribution in [0.3, 0.4) is 0 Å². The lowest BCUT2D eigenvalue weighted by atomic mass is 9.82. The lowest BCUT2D eigenvalue weighted by Gasteiger charge is -2.22. The van der Waals surface area contributed by atoms with Crippen LogP contribution >= 0.6 is 0 Å². The number of hydrogen-bond donors (Lipinski definition) is 2. The van der Waals surface area contributed by atoms with Crippen LogP contribution in [0.1, 0.15) is 31.8 Å². The third-order valence-corrected chi connectivity index (χ3v) is 4.47. The van der Waals surface area contributed by atoms with E-state index in [-0.39, 0.29) is 34.1 Å². The number of carbonyl (C=O) groups is 2. The van der Waals surface area contributed by atoms with Gasteiger partial charge in [-0.15, -0.1) is 0 Å². The highest BCUT2D eigenvalue weighted by Crippen LogP contribution is 2.36. The fraction of sp³-hybridized carbons (Fsp3) is 0. The Morgan fingerprint density at radius 2 is 1.41 bits per heavy atom. The quantitative estimate of drug-likeness (QED) is 0.327. The Bertz CT molecular complexity index is 1120. The van der Waals surface area contributed by atoms with Crippen molar-refractivity contribution in [1.82, 2.24) is 0 Å². The van der Waals surface area contributed by atoms with E-state index >= 15 is 0 Å². The lowest BCUT2D eigenvalue weighted by molar-refractivity contribution is -0.384. The number of carbonyl (C=O) groups excluding carboxylic acids is 2. The number of nitrogens with zero attached hydrogens (tertiary/aromatic N) is 1. The third kappa shape index (κ3) is 2.62. The molecule has 0 spiro atoms. The van der Waals surface area contributed by atoms with Crippen LogP contribution in [0, 0.1) is 10.1 Å². The van der Waals surface area contributed by atoms with Gasteiger partial charge in [0, 0.05) is 34.6 Å². The van der Waals surface area contributed by atoms with Crippen molar-refractivity contribution in [2.45, 2.75) is 0 Å². The first kappa shape index (κ1) is 16.5. The number of ketones is 2. The summed E-state index contributed by atoms with van der Waals surface area (Å²) in [5.41, 5.74) is 8.17. The number of nitro groups is 1. The van der Waals surface area contributed by atoms with Crippen LogP contribution in [0.2, 0.25) is 0 Å². The predicted molar refractivity (Wildman–Crippen MR) is 101 cm³/mol. The number of nitrogen functional groups attached to an aromatic ring is 1. The van der Waals surface area contributed by atoms with E-state index < -0.39 is 4.92 Å². The normalized spacial score (nSPS) is 12.3. The number of nitrogens with one attached hydrogen (secondary N) is 1. The Kier molecular flexibility index (Phi) is 3.70. The van der Waals surface area contributed by atoms with Gasteiger partial charge in [0.05, 0.1) is 21.7 Å². The number of non-ortho nitro benzene ring substituents is 1. The van der Waals surface area contributed by atoms with Gasteiger partial charge in [-0.3, -0.25) is 19.7 Å². The zero-order chi connectivity index (χ0) is 19.1. The molecule has 1 aliphatic carbocycles. The average Bonchev–Trinajstić information content (AvgIpc) is 2.68. The zero-order valence-corrected chi connectivity index (χ0v) is 13.9. The molecule has 3 aromatic carbocycles. The molecular weight excluding hydrogens is 346 g/mol. The Morgan fingerprint density at radius 3 is 2.00 bits per heavy atom. The molecule has 0 aliphatic heterocycles. The molecule has 0 atom stereocenters. The van der Waals surface area contributed by atoms with Crippen LogP contribution in [-0.2, 0) is 0 Å². The fourth-order valence-electron chi connectivity index (χ4n) is 3.17. The van der Waals surface area contributed by atoms with Gasteiger partial charge >= 0.3 is 0 Å². The van der Waals surface area contributed by atoms with Crippen LogP contribution < -0.4 is 11.1 Å². The van der Waals surface area contributed by atoms with Gasteiger partial charge in [-0.1, -0.05) is 24.3 Å². The van der Waals surface area contributed by atoms with Crippen LogP contribution in [-0.4, -0.2) is 16.5 Å². The fourth-order valence-corrected chi connectivity index (χ4v) is 3.17. The highest BCUT2D eigenvalue weighted by Gasteiger charge is 2.33. The topological polar surface area (TPSA) is 115 Å². The summed E-state index contributed by atoms with van der Waals surface area (Å²) in [5, 5.41) is 13.8. The maximum absolute atomic E-state index is 13.0. The Balaban J connectivity index is 1.81. The smallest absolute Gasteiger partial charge is 0.269 e. The molecular formula is C20H13N3O4. The van der Waals surface area contributed by atoms with Gasteiger partial charge in [-0.25, -0.2) is 0 Å². The van der Waals surface area contributed by atoms with E-state index in [4.69, 9.17) is 5.73 Å². The van der Waals surface area contributed by atoms with Gasteiger partial charge in [-0.05, 0) is 24.3 Å². The number of benzene rings is 3. The molecule has 7 heteroatoms. The summed E-state index contributed by atoms with van der Waals surface area (Å²) >= 11 is 0. The zero-order valence-electron chi connectivity index (χ0n) is 13.9. The first-order valence-electron chi connectivity index (χ1n) is 8.10. The van der Waals surface area contributed by atoms with Crippen molar-refractivity contribution in [3.63, 3.8) is 0 Å². The molecule has 27 heavy (non-hydrogen) atoms. The van der Waals surface area contributed by atoms with E-state index in [0.717, 1.165) is 0 Å². The number of hydrogen-bond acceptors (Lipinski definition) is 6. The van der Waals surface area contributed by atoms with Crippen LogP contribution in [0.25, 0.3) is 0 Å². The molecule has 0 saturated heterocycles. The summed E-state index contributed by atoms with van der Waals surface area (Å²) in [6.07, 6.45) is 0. The Labute approximate surface area is 153 Å². The lowest BCUT2D eigenvalue weighted by Crippen LogP contribution is -2.23. The molecule has 3 N–H and O–H groups in total. The van der Waals surface area contributed by atoms with Crippen molar-refractivity contribution < 1.29 is 14.5 Å². The molecule has 0 amide bonds. The molecule has 0 aromatic heterocycles. The van der Waals surface area contributed by atoms with Gasteiger partial charge in [0.25, 0.3) is 5.69 Å². The summed E-state index contributed by atoms with van der Waals surface area (Å²) in [4.78, 5) is 36.2. The summed E-state index contributed by atoms with van der Waals surface area (Å²) in [7, 11) is 0. The van der Waals surface area contributed by atoms with Crippen molar-refractivity contribution in [3.05, 3.63) is 93.0 Å². The minimum absolute atomic E-state index is 0.0416. The van der Waals surface area contributed by atoms with Gasteiger partial charge in [-0.2, -0.15) is 0 Å². The number of fused-ring (bicyclic) bond motifs is 2. The molecule has 1 aliphatic rings. The van der Waals surface area contributed by atoms with Gasteiger partial charge < -0.3 is 11.1 Å². The number of nitro benzene ring substituents is 1. The van der Waals surface area contributed by atoms with Crippen molar-refractivity contribution in [2.24, 2.45) is 0 Å². The second-order valence-corrected chi connectivity index (χ2v) is 6.09. The molecule has 132 valence electrons. The minimum Gasteiger partial charge on any atom is -0.398 e. The summed E-state index contributed by atoms with van der Waals surface area (Å²) < 4.78 is 0. The van der Waals surface area contributed by atoms with Crippen LogP contribution in [0.4, 0.5) is 22.7 Å². The van der Waals surface area contributed by atoms with Gasteiger partial charge in [0.2, 0.25) is 0 Å². The summed E-state index contributed by atoms with van der Waals surface area (Å²) in [5.74, 6) is -0.595. The SMILES string of the molecule is Nc1ccc(Nc2ccc([N+](=O)[O-])cc2)c2c1C(=O)c1ccccc1C2=O. The molecule has 0 unspecified atom stereocenters. The van der Waals surface area contributed by atoms with Crippen LogP contribution in [0.15, 0.2) is 60.7 Å². The predicted octanol–water partition coefficient (Wildman–Crippen LogP) is 3.70. The highest BCUT2D eigenvalue weighted by atomic mass is 16.6. The van der Waals surface area contributed by atoms with E-state index in [2.05, 4.69) is 5.32 Å². The number of anilines is 3. The van der Waals surface area contributed by atoms with E-state index in [1.807, 2.05) is 0 Å². The minimum atomic E-state index is -0.492. The average molecular weight is 359 g/mol. The van der Waals surface area contributed by atoms with E-state index in [9.17, 15) is 19.7 Å². The summed E-state index contributed by atoms with van der Waals surface area (Å²) in [6, 6.07) is 15.6. The first-order valence-corrected chi connectivity index (χ1v) is 8.10. The molecule has 0 heterocycles. The molecule has 0 fully saturated rings. The molecule has 7 nitrogen and oxygen atoms in total. The van der Waals surface area contributed by atoms with Crippen molar-refractivity contribution in [3.8, 4) is 0 Å². The van der Waals surface area contributed by atoms with Crippen molar-refractivity contribution >= 4 is 34.3 Å². The van der Waals surface area contributed by atoms with E-state index in [1.54, 1.807) is 36.4 Å². The molecule has 3 aromatic rings. The van der Waals surface area contributed by atoms with Crippen molar-refractivity contribution in [2.75, 3.05) is 11.1 Å². The Morgan fingerprint density at radius 1 is 0.815 bits per heavy atom. The monoisotopic (exact) mass is 359 g/mol. The molecule has 4 rings (SSSR count). The van der Waals surface area contributed by atoms with Crippen LogP contribution in [0.5, 0.6) is 0 Å². The van der Waals surface area contributed by atoms with Gasteiger partial charge in [0.1, 0.15) is 0 Å². The van der Waals surface area contributed by atoms with E-state index in [0.29, 0.717) is 22.5 Å². The third-order valence-electron chi connectivity index (χ3n) is 4.47. The largest absolute Gasteiger partial charge is 0.398 e. The van der Waals surface area contributed by atoms with Crippen molar-refractivity contribution in [1.29, 1.82) is 0 Å². The maximum Gasteiger partial charge on any atom is 0.269 e. The molecule has 0 saturated carbocycles. The molecule has 0 bridgehead atoms. The second kappa shape index (κ2) is 6.06. The van der Waals surface area contributed by atoms with E-state index in [1.165, 1.54) is 24.3 Å².